The van der Waals surface area contributed by atoms with E-state index in [4.69, 9.17) is 9.72 Å². The molecule has 0 amide bonds. The molecule has 1 aromatic heterocycles. The van der Waals surface area contributed by atoms with Crippen molar-refractivity contribution in [3.05, 3.63) is 59.8 Å². The first-order valence-corrected chi connectivity index (χ1v) is 9.14. The lowest BCUT2D eigenvalue weighted by atomic mass is 9.84. The fourth-order valence-corrected chi connectivity index (χ4v) is 4.58. The first-order valence-electron chi connectivity index (χ1n) is 9.14. The molecule has 1 saturated carbocycles. The van der Waals surface area contributed by atoms with E-state index in [0.717, 1.165) is 29.3 Å². The summed E-state index contributed by atoms with van der Waals surface area (Å²) in [6.45, 7) is 0. The lowest BCUT2D eigenvalue weighted by Crippen LogP contribution is -2.15. The summed E-state index contributed by atoms with van der Waals surface area (Å²) in [5, 5.41) is 4.89. The molecular weight excluding hydrogens is 308 g/mol. The van der Waals surface area contributed by atoms with E-state index in [1.54, 1.807) is 7.11 Å². The van der Waals surface area contributed by atoms with Crippen molar-refractivity contribution in [3.63, 3.8) is 0 Å². The van der Waals surface area contributed by atoms with Crippen LogP contribution < -0.4 is 10.1 Å². The summed E-state index contributed by atoms with van der Waals surface area (Å²) in [5.41, 5.74) is 6.14. The maximum absolute atomic E-state index is 5.43. The molecule has 2 aliphatic carbocycles. The number of aromatic nitrogens is 1. The Morgan fingerprint density at radius 1 is 1.08 bits per heavy atom. The molecule has 3 aromatic rings. The molecule has 0 saturated heterocycles. The van der Waals surface area contributed by atoms with Gasteiger partial charge in [-0.15, -0.1) is 0 Å². The fraction of sp³-hybridized carbons (Fsp3) is 0.318. The molecule has 1 heterocycles. The minimum atomic E-state index is 0.626. The highest BCUT2D eigenvalue weighted by Gasteiger charge is 2.36. The van der Waals surface area contributed by atoms with Gasteiger partial charge in [-0.2, -0.15) is 0 Å². The lowest BCUT2D eigenvalue weighted by molar-refractivity contribution is 0.415. The van der Waals surface area contributed by atoms with Gasteiger partial charge in [0.25, 0.3) is 0 Å². The average molecular weight is 330 g/mol. The Labute approximate surface area is 148 Å². The molecule has 2 aliphatic rings. The molecule has 3 heteroatoms. The van der Waals surface area contributed by atoms with E-state index in [1.807, 2.05) is 6.07 Å². The van der Waals surface area contributed by atoms with Crippen molar-refractivity contribution < 1.29 is 4.74 Å². The zero-order valence-corrected chi connectivity index (χ0v) is 14.5. The van der Waals surface area contributed by atoms with E-state index in [0.29, 0.717) is 5.92 Å². The van der Waals surface area contributed by atoms with E-state index >= 15 is 0 Å². The summed E-state index contributed by atoms with van der Waals surface area (Å²) in [5.74, 6) is 2.32. The topological polar surface area (TPSA) is 34.1 Å². The monoisotopic (exact) mass is 330 g/mol. The van der Waals surface area contributed by atoms with Crippen LogP contribution >= 0.6 is 0 Å². The molecule has 2 unspecified atom stereocenters. The van der Waals surface area contributed by atoms with Gasteiger partial charge in [-0.05, 0) is 61.4 Å². The van der Waals surface area contributed by atoms with Crippen LogP contribution in [0, 0.1) is 5.92 Å². The first kappa shape index (κ1) is 14.8. The molecule has 25 heavy (non-hydrogen) atoms. The third-order valence-electron chi connectivity index (χ3n) is 5.79. The Balaban J connectivity index is 1.73. The molecule has 126 valence electrons. The van der Waals surface area contributed by atoms with Crippen molar-refractivity contribution in [1.29, 1.82) is 0 Å². The summed E-state index contributed by atoms with van der Waals surface area (Å²) >= 11 is 0. The Morgan fingerprint density at radius 3 is 2.80 bits per heavy atom. The summed E-state index contributed by atoms with van der Waals surface area (Å²) < 4.78 is 5.43. The number of fused-ring (bicyclic) bond motifs is 5. The highest BCUT2D eigenvalue weighted by Crippen LogP contribution is 2.49. The van der Waals surface area contributed by atoms with Gasteiger partial charge in [0.2, 0.25) is 0 Å². The summed E-state index contributed by atoms with van der Waals surface area (Å²) in [6.07, 6.45) is 5.08. The van der Waals surface area contributed by atoms with Gasteiger partial charge < -0.3 is 10.1 Å². The minimum Gasteiger partial charge on any atom is -0.497 e. The molecule has 5 rings (SSSR count). The van der Waals surface area contributed by atoms with Crippen molar-refractivity contribution in [2.75, 3.05) is 12.4 Å². The number of para-hydroxylation sites is 1. The first-order chi connectivity index (χ1) is 12.3. The van der Waals surface area contributed by atoms with Gasteiger partial charge in [0.1, 0.15) is 5.75 Å². The van der Waals surface area contributed by atoms with E-state index in [1.165, 1.54) is 41.6 Å². The number of methoxy groups -OCH3 is 1. The third kappa shape index (κ3) is 2.46. The van der Waals surface area contributed by atoms with E-state index in [-0.39, 0.29) is 0 Å². The molecule has 0 spiro atoms. The largest absolute Gasteiger partial charge is 0.497 e. The number of hydrogen-bond donors (Lipinski definition) is 1. The van der Waals surface area contributed by atoms with Crippen molar-refractivity contribution in [2.24, 2.45) is 5.92 Å². The quantitative estimate of drug-likeness (QED) is 0.695. The van der Waals surface area contributed by atoms with Crippen LogP contribution in [0.4, 0.5) is 11.4 Å². The molecule has 0 radical (unpaired) electrons. The fourth-order valence-electron chi connectivity index (χ4n) is 4.58. The predicted molar refractivity (Wildman–Crippen MR) is 102 cm³/mol. The molecule has 3 nitrogen and oxygen atoms in total. The van der Waals surface area contributed by atoms with Crippen LogP contribution in [0.5, 0.6) is 5.75 Å². The number of hydrogen-bond acceptors (Lipinski definition) is 3. The van der Waals surface area contributed by atoms with E-state index < -0.39 is 0 Å². The number of anilines is 2. The Hall–Kier alpha value is -2.55. The van der Waals surface area contributed by atoms with Gasteiger partial charge >= 0.3 is 0 Å². The second kappa shape index (κ2) is 5.76. The highest BCUT2D eigenvalue weighted by atomic mass is 16.5. The van der Waals surface area contributed by atoms with Crippen LogP contribution in [0.15, 0.2) is 48.5 Å². The number of pyridine rings is 1. The molecule has 2 bridgehead atoms. The van der Waals surface area contributed by atoms with Crippen molar-refractivity contribution in [1.82, 2.24) is 4.98 Å². The Bertz CT molecular complexity index is 936. The van der Waals surface area contributed by atoms with Crippen LogP contribution in [0.2, 0.25) is 0 Å². The van der Waals surface area contributed by atoms with E-state index in [2.05, 4.69) is 47.8 Å². The second-order valence-corrected chi connectivity index (χ2v) is 7.30. The Kier molecular flexibility index (Phi) is 3.40. The van der Waals surface area contributed by atoms with Gasteiger partial charge in [-0.1, -0.05) is 18.2 Å². The van der Waals surface area contributed by atoms with Crippen molar-refractivity contribution in [3.8, 4) is 5.75 Å². The minimum absolute atomic E-state index is 0.626. The van der Waals surface area contributed by atoms with Crippen LogP contribution in [0.1, 0.15) is 36.4 Å². The third-order valence-corrected chi connectivity index (χ3v) is 5.79. The number of rotatable bonds is 3. The number of ether oxygens (including phenoxy) is 1. The van der Waals surface area contributed by atoms with Crippen molar-refractivity contribution >= 4 is 22.3 Å². The SMILES string of the molecule is COc1ccc2c(Nc3ccccc3)c3c(nc2c1)C1CCC(C3)C1. The van der Waals surface area contributed by atoms with Crippen LogP contribution in [0.25, 0.3) is 10.9 Å². The zero-order chi connectivity index (χ0) is 16.8. The second-order valence-electron chi connectivity index (χ2n) is 7.30. The number of benzene rings is 2. The number of nitrogens with zero attached hydrogens (tertiary/aromatic N) is 1. The maximum Gasteiger partial charge on any atom is 0.121 e. The van der Waals surface area contributed by atoms with Gasteiger partial charge in [0.05, 0.1) is 18.3 Å². The smallest absolute Gasteiger partial charge is 0.121 e. The molecular formula is C22H22N2O. The normalized spacial score (nSPS) is 21.2. The van der Waals surface area contributed by atoms with Gasteiger partial charge in [-0.25, -0.2) is 0 Å². The van der Waals surface area contributed by atoms with Crippen LogP contribution in [-0.4, -0.2) is 12.1 Å². The van der Waals surface area contributed by atoms with E-state index in [9.17, 15) is 0 Å². The molecule has 0 aliphatic heterocycles. The molecule has 1 fully saturated rings. The standard InChI is InChI=1S/C22H22N2O/c1-25-17-9-10-18-20(13-17)24-21-15-8-7-14(11-15)12-19(21)22(18)23-16-5-3-2-4-6-16/h2-6,9-10,13-15H,7-8,11-12H2,1H3,(H,23,24). The van der Waals surface area contributed by atoms with Gasteiger partial charge in [0.15, 0.2) is 0 Å². The molecule has 2 aromatic carbocycles. The predicted octanol–water partition coefficient (Wildman–Crippen LogP) is 5.43. The van der Waals surface area contributed by atoms with Gasteiger partial charge in [0, 0.05) is 28.8 Å². The lowest BCUT2D eigenvalue weighted by Gasteiger charge is -2.26. The Morgan fingerprint density at radius 2 is 1.96 bits per heavy atom. The zero-order valence-electron chi connectivity index (χ0n) is 14.5. The summed E-state index contributed by atoms with van der Waals surface area (Å²) in [4.78, 5) is 5.09. The number of nitrogens with one attached hydrogen (secondary N) is 1. The van der Waals surface area contributed by atoms with Gasteiger partial charge in [-0.3, -0.25) is 4.98 Å². The maximum atomic E-state index is 5.43. The van der Waals surface area contributed by atoms with Crippen molar-refractivity contribution in [2.45, 2.75) is 31.6 Å². The van der Waals surface area contributed by atoms with Crippen LogP contribution in [0.3, 0.4) is 0 Å². The molecule has 2 atom stereocenters. The summed E-state index contributed by atoms with van der Waals surface area (Å²) in [6, 6.07) is 16.7. The highest BCUT2D eigenvalue weighted by molar-refractivity contribution is 5.96. The average Bonchev–Trinajstić information content (AvgIpc) is 3.05. The van der Waals surface area contributed by atoms with Crippen LogP contribution in [-0.2, 0) is 6.42 Å². The summed E-state index contributed by atoms with van der Waals surface area (Å²) in [7, 11) is 1.71. The molecule has 1 N–H and O–H groups in total.